The topological polar surface area (TPSA) is 95.5 Å². The number of nitrogens with one attached hydrogen (secondary N) is 1. The highest BCUT2D eigenvalue weighted by Gasteiger charge is 2.25. The van der Waals surface area contributed by atoms with Crippen LogP contribution in [0.3, 0.4) is 0 Å². The minimum absolute atomic E-state index is 0.112. The van der Waals surface area contributed by atoms with Crippen LogP contribution < -0.4 is 5.56 Å². The van der Waals surface area contributed by atoms with Crippen LogP contribution in [-0.4, -0.2) is 45.3 Å². The lowest BCUT2D eigenvalue weighted by atomic mass is 10.2. The summed E-state index contributed by atoms with van der Waals surface area (Å²) in [6.45, 7) is 0.293. The lowest BCUT2D eigenvalue weighted by Crippen LogP contribution is -2.29. The largest absolute Gasteiger partial charge is 0.389 e. The average Bonchev–Trinajstić information content (AvgIpc) is 2.91. The van der Waals surface area contributed by atoms with E-state index >= 15 is 0 Å². The Labute approximate surface area is 120 Å². The Kier molecular flexibility index (Phi) is 3.68. The monoisotopic (exact) mass is 289 g/mol. The summed E-state index contributed by atoms with van der Waals surface area (Å²) in [7, 11) is 0. The van der Waals surface area contributed by atoms with Crippen LogP contribution in [-0.2, 0) is 16.1 Å². The van der Waals surface area contributed by atoms with Crippen molar-refractivity contribution in [2.24, 2.45) is 0 Å². The molecule has 0 aliphatic carbocycles. The van der Waals surface area contributed by atoms with Gasteiger partial charge in [-0.3, -0.25) is 14.4 Å². The summed E-state index contributed by atoms with van der Waals surface area (Å²) in [5.41, 5.74) is 1.39. The minimum atomic E-state index is -0.642. The number of nitrogens with zero attached hydrogens (tertiary/aromatic N) is 2. The van der Waals surface area contributed by atoms with Gasteiger partial charge in [0.25, 0.3) is 5.56 Å². The maximum Gasteiger partial charge on any atom is 0.270 e. The maximum atomic E-state index is 11.9. The normalized spacial score (nSPS) is 18.3. The molecule has 2 N–H and O–H groups in total. The molecule has 2 aromatic rings. The van der Waals surface area contributed by atoms with Crippen LogP contribution in [0.15, 0.2) is 29.1 Å². The number of β-amino-alcohol motifs (C(OH)–C–C–N with tert-alkyl or cyclic N) is 1. The van der Waals surface area contributed by atoms with E-state index in [0.29, 0.717) is 16.7 Å². The number of amides is 1. The molecule has 7 heteroatoms. The molecule has 21 heavy (non-hydrogen) atoms. The summed E-state index contributed by atoms with van der Waals surface area (Å²) in [6.07, 6.45) is -0.299. The molecule has 1 aromatic heterocycles. The van der Waals surface area contributed by atoms with Crippen LogP contribution in [0.4, 0.5) is 0 Å². The molecule has 0 radical (unpaired) electrons. The first-order valence-corrected chi connectivity index (χ1v) is 6.73. The van der Waals surface area contributed by atoms with Gasteiger partial charge in [-0.05, 0) is 12.1 Å². The van der Waals surface area contributed by atoms with E-state index in [2.05, 4.69) is 9.97 Å². The van der Waals surface area contributed by atoms with Crippen molar-refractivity contribution in [1.29, 1.82) is 0 Å². The van der Waals surface area contributed by atoms with Crippen molar-refractivity contribution in [2.45, 2.75) is 18.9 Å². The SMILES string of the molecule is O=C(CCc1nc2ccccc2[nH]c1=O)N1C[C@H](O)CO1. The van der Waals surface area contributed by atoms with Gasteiger partial charge in [0.2, 0.25) is 5.91 Å². The van der Waals surface area contributed by atoms with Crippen molar-refractivity contribution >= 4 is 16.9 Å². The van der Waals surface area contributed by atoms with Crippen molar-refractivity contribution in [2.75, 3.05) is 13.2 Å². The zero-order valence-corrected chi connectivity index (χ0v) is 11.3. The predicted molar refractivity (Wildman–Crippen MR) is 74.4 cm³/mol. The first-order chi connectivity index (χ1) is 10.1. The van der Waals surface area contributed by atoms with Gasteiger partial charge in [0.1, 0.15) is 12.3 Å². The zero-order valence-electron chi connectivity index (χ0n) is 11.3. The second kappa shape index (κ2) is 5.63. The fraction of sp³-hybridized carbons (Fsp3) is 0.357. The number of fused-ring (bicyclic) bond motifs is 1. The van der Waals surface area contributed by atoms with Gasteiger partial charge in [-0.1, -0.05) is 12.1 Å². The number of aromatic nitrogens is 2. The summed E-state index contributed by atoms with van der Waals surface area (Å²) >= 11 is 0. The van der Waals surface area contributed by atoms with Crippen molar-refractivity contribution in [3.05, 3.63) is 40.3 Å². The number of rotatable bonds is 3. The smallest absolute Gasteiger partial charge is 0.270 e. The summed E-state index contributed by atoms with van der Waals surface area (Å²) in [5, 5.41) is 10.4. The Morgan fingerprint density at radius 2 is 2.29 bits per heavy atom. The van der Waals surface area contributed by atoms with E-state index in [-0.39, 0.29) is 37.5 Å². The lowest BCUT2D eigenvalue weighted by Gasteiger charge is -2.13. The fourth-order valence-corrected chi connectivity index (χ4v) is 2.23. The summed E-state index contributed by atoms with van der Waals surface area (Å²) in [4.78, 5) is 35.9. The molecule has 110 valence electrons. The van der Waals surface area contributed by atoms with Gasteiger partial charge in [-0.15, -0.1) is 0 Å². The van der Waals surface area contributed by atoms with Crippen molar-refractivity contribution in [3.63, 3.8) is 0 Å². The molecule has 1 aliphatic rings. The van der Waals surface area contributed by atoms with Crippen LogP contribution in [0.1, 0.15) is 12.1 Å². The molecule has 0 saturated carbocycles. The molecule has 1 saturated heterocycles. The molecule has 0 unspecified atom stereocenters. The maximum absolute atomic E-state index is 11.9. The molecule has 2 heterocycles. The van der Waals surface area contributed by atoms with Gasteiger partial charge >= 0.3 is 0 Å². The third kappa shape index (κ3) is 2.93. The first kappa shape index (κ1) is 13.7. The summed E-state index contributed by atoms with van der Waals surface area (Å²) < 4.78 is 0. The van der Waals surface area contributed by atoms with Crippen LogP contribution in [0.25, 0.3) is 11.0 Å². The highest BCUT2D eigenvalue weighted by atomic mass is 16.7. The number of hydrogen-bond acceptors (Lipinski definition) is 5. The molecule has 0 spiro atoms. The standard InChI is InChI=1S/C14H15N3O4/c18-9-7-17(21-8-9)13(19)6-5-12-14(20)16-11-4-2-1-3-10(11)15-12/h1-4,9,18H,5-8H2,(H,16,20)/t9-/m0/s1. The van der Waals surface area contributed by atoms with E-state index in [0.717, 1.165) is 5.06 Å². The number of H-pyrrole nitrogens is 1. The Morgan fingerprint density at radius 1 is 1.48 bits per heavy atom. The zero-order chi connectivity index (χ0) is 14.8. The molecular weight excluding hydrogens is 274 g/mol. The Morgan fingerprint density at radius 3 is 3.05 bits per heavy atom. The summed E-state index contributed by atoms with van der Waals surface area (Å²) in [6, 6.07) is 7.23. The van der Waals surface area contributed by atoms with E-state index in [1.807, 2.05) is 12.1 Å². The molecule has 7 nitrogen and oxygen atoms in total. The van der Waals surface area contributed by atoms with Crippen LogP contribution >= 0.6 is 0 Å². The number of aromatic amines is 1. The Balaban J connectivity index is 1.71. The number of hydroxylamine groups is 2. The average molecular weight is 289 g/mol. The molecule has 1 fully saturated rings. The van der Waals surface area contributed by atoms with E-state index in [9.17, 15) is 14.7 Å². The number of benzene rings is 1. The van der Waals surface area contributed by atoms with Gasteiger partial charge in [0.05, 0.1) is 23.7 Å². The van der Waals surface area contributed by atoms with Gasteiger partial charge in [0, 0.05) is 12.8 Å². The molecular formula is C14H15N3O4. The second-order valence-corrected chi connectivity index (χ2v) is 4.93. The number of carbonyl (C=O) groups is 1. The third-order valence-corrected chi connectivity index (χ3v) is 3.32. The number of hydrogen-bond donors (Lipinski definition) is 2. The van der Waals surface area contributed by atoms with Crippen molar-refractivity contribution < 1.29 is 14.7 Å². The predicted octanol–water partition coefficient (Wildman–Crippen LogP) is -0.00960. The molecule has 1 aromatic carbocycles. The van der Waals surface area contributed by atoms with E-state index in [1.165, 1.54) is 0 Å². The molecule has 3 rings (SSSR count). The molecule has 1 atom stereocenters. The highest BCUT2D eigenvalue weighted by molar-refractivity contribution is 5.76. The van der Waals surface area contributed by atoms with Gasteiger partial charge < -0.3 is 10.1 Å². The number of aryl methyl sites for hydroxylation is 1. The number of para-hydroxylation sites is 2. The van der Waals surface area contributed by atoms with Gasteiger partial charge in [0.15, 0.2) is 0 Å². The van der Waals surface area contributed by atoms with Gasteiger partial charge in [-0.2, -0.15) is 0 Å². The lowest BCUT2D eigenvalue weighted by molar-refractivity contribution is -0.168. The van der Waals surface area contributed by atoms with Crippen LogP contribution in [0.2, 0.25) is 0 Å². The summed E-state index contributed by atoms with van der Waals surface area (Å²) in [5.74, 6) is -0.263. The van der Waals surface area contributed by atoms with Gasteiger partial charge in [-0.25, -0.2) is 10.0 Å². The van der Waals surface area contributed by atoms with E-state index in [4.69, 9.17) is 4.84 Å². The molecule has 1 aliphatic heterocycles. The van der Waals surface area contributed by atoms with E-state index in [1.54, 1.807) is 12.1 Å². The number of carbonyl (C=O) groups excluding carboxylic acids is 1. The van der Waals surface area contributed by atoms with Crippen LogP contribution in [0.5, 0.6) is 0 Å². The second-order valence-electron chi connectivity index (χ2n) is 4.93. The molecule has 1 amide bonds. The minimum Gasteiger partial charge on any atom is -0.389 e. The van der Waals surface area contributed by atoms with E-state index < -0.39 is 6.10 Å². The number of aliphatic hydroxyl groups excluding tert-OH is 1. The Bertz CT molecular complexity index is 727. The van der Waals surface area contributed by atoms with Crippen molar-refractivity contribution in [1.82, 2.24) is 15.0 Å². The fourth-order valence-electron chi connectivity index (χ4n) is 2.23. The van der Waals surface area contributed by atoms with Crippen LogP contribution in [0, 0.1) is 0 Å². The number of aliphatic hydroxyl groups is 1. The quantitative estimate of drug-likeness (QED) is 0.828. The third-order valence-electron chi connectivity index (χ3n) is 3.32. The first-order valence-electron chi connectivity index (χ1n) is 6.73. The van der Waals surface area contributed by atoms with Crippen molar-refractivity contribution in [3.8, 4) is 0 Å². The molecule has 0 bridgehead atoms. The Hall–Kier alpha value is -2.25. The highest BCUT2D eigenvalue weighted by Crippen LogP contribution is 2.10.